The quantitative estimate of drug-likeness (QED) is 0.320. The van der Waals surface area contributed by atoms with E-state index in [-0.39, 0.29) is 35.9 Å². The summed E-state index contributed by atoms with van der Waals surface area (Å²) in [5.74, 6) is -1.05. The lowest BCUT2D eigenvalue weighted by Crippen LogP contribution is -2.60. The minimum absolute atomic E-state index is 0.0366. The van der Waals surface area contributed by atoms with E-state index in [1.165, 1.54) is 6.08 Å². The second kappa shape index (κ2) is 9.86. The number of allylic oxidation sites excluding steroid dienone is 2. The lowest BCUT2D eigenvalue weighted by atomic mass is 9.76. The van der Waals surface area contributed by atoms with Gasteiger partial charge in [-0.15, -0.1) is 0 Å². The third kappa shape index (κ3) is 4.94. The molecule has 0 unspecified atom stereocenters. The fourth-order valence-electron chi connectivity index (χ4n) is 4.20. The molecule has 0 aliphatic carbocycles. The molecule has 0 amide bonds. The fraction of sp³-hybridized carbons (Fsp3) is 0.696. The molecule has 1 saturated heterocycles. The highest BCUT2D eigenvalue weighted by atomic mass is 16.7. The molecule has 0 radical (unpaired) electrons. The highest BCUT2D eigenvalue weighted by Gasteiger charge is 2.53. The Kier molecular flexibility index (Phi) is 8.05. The van der Waals surface area contributed by atoms with E-state index >= 15 is 0 Å². The van der Waals surface area contributed by atoms with E-state index in [9.17, 15) is 9.90 Å². The molecule has 0 aromatic heterocycles. The van der Waals surface area contributed by atoms with E-state index in [0.717, 1.165) is 6.42 Å². The first-order chi connectivity index (χ1) is 13.3. The Balaban J connectivity index is 2.15. The Morgan fingerprint density at radius 3 is 2.57 bits per heavy atom. The molecule has 5 nitrogen and oxygen atoms in total. The van der Waals surface area contributed by atoms with Crippen molar-refractivity contribution in [2.24, 2.45) is 23.7 Å². The van der Waals surface area contributed by atoms with Crippen molar-refractivity contribution in [3.05, 3.63) is 36.5 Å². The van der Waals surface area contributed by atoms with Gasteiger partial charge in [0.25, 0.3) is 0 Å². The second-order valence-electron chi connectivity index (χ2n) is 8.05. The first-order valence-electron chi connectivity index (χ1n) is 10.5. The SMILES string of the molecule is CCOC(=O)/C=C/C=C/[C@H](C)[C@@H]1O[C@@]2(C=C[C@H](CC)[C@@H](C)O2)[C@@H](C)[C@H](O)[C@@H]1C. The number of rotatable bonds is 6. The Bertz CT molecular complexity index is 610. The summed E-state index contributed by atoms with van der Waals surface area (Å²) in [5.41, 5.74) is 0. The first-order valence-corrected chi connectivity index (χ1v) is 10.5. The van der Waals surface area contributed by atoms with Gasteiger partial charge in [-0.3, -0.25) is 0 Å². The third-order valence-corrected chi connectivity index (χ3v) is 6.11. The van der Waals surface area contributed by atoms with Gasteiger partial charge < -0.3 is 19.3 Å². The number of aliphatic hydroxyl groups is 1. The molecule has 1 N–H and O–H groups in total. The van der Waals surface area contributed by atoms with Gasteiger partial charge >= 0.3 is 5.97 Å². The summed E-state index contributed by atoms with van der Waals surface area (Å²) in [6.45, 7) is 12.4. The standard InChI is InChI=1S/C23H36O5/c1-7-19-13-14-23(27-18(19)6)17(5)21(25)16(4)22(28-23)15(3)11-9-10-12-20(24)26-8-2/h9-19,21-22,25H,7-8H2,1-6H3/b11-9+,12-10+/t15-,16-,17-,18+,19-,21+,22-,23-/m0/s1. The predicted octanol–water partition coefficient (Wildman–Crippen LogP) is 4.03. The van der Waals surface area contributed by atoms with E-state index in [0.29, 0.717) is 12.5 Å². The molecule has 28 heavy (non-hydrogen) atoms. The predicted molar refractivity (Wildman–Crippen MR) is 109 cm³/mol. The van der Waals surface area contributed by atoms with Gasteiger partial charge in [-0.1, -0.05) is 52.0 Å². The summed E-state index contributed by atoms with van der Waals surface area (Å²) in [6.07, 6.45) is 11.4. The maximum absolute atomic E-state index is 11.4. The van der Waals surface area contributed by atoms with Crippen LogP contribution in [0.5, 0.6) is 0 Å². The number of esters is 1. The van der Waals surface area contributed by atoms with Crippen molar-refractivity contribution < 1.29 is 24.1 Å². The van der Waals surface area contributed by atoms with Crippen LogP contribution in [0.1, 0.15) is 48.0 Å². The van der Waals surface area contributed by atoms with E-state index < -0.39 is 11.9 Å². The van der Waals surface area contributed by atoms with Crippen molar-refractivity contribution in [3.63, 3.8) is 0 Å². The molecule has 0 saturated carbocycles. The molecule has 2 rings (SSSR count). The number of aliphatic hydroxyl groups excluding tert-OH is 1. The van der Waals surface area contributed by atoms with Gasteiger partial charge in [-0.2, -0.15) is 0 Å². The average Bonchev–Trinajstić information content (AvgIpc) is 2.67. The largest absolute Gasteiger partial charge is 0.463 e. The molecule has 1 fully saturated rings. The zero-order valence-electron chi connectivity index (χ0n) is 18.0. The second-order valence-corrected chi connectivity index (χ2v) is 8.05. The van der Waals surface area contributed by atoms with Gasteiger partial charge in [-0.05, 0) is 26.3 Å². The lowest BCUT2D eigenvalue weighted by Gasteiger charge is -2.53. The van der Waals surface area contributed by atoms with Crippen LogP contribution in [0, 0.1) is 23.7 Å². The van der Waals surface area contributed by atoms with E-state index in [1.807, 2.05) is 32.1 Å². The number of hydrogen-bond acceptors (Lipinski definition) is 5. The van der Waals surface area contributed by atoms with Gasteiger partial charge in [0.2, 0.25) is 0 Å². The monoisotopic (exact) mass is 392 g/mol. The lowest BCUT2D eigenvalue weighted by molar-refractivity contribution is -0.334. The van der Waals surface area contributed by atoms with Crippen molar-refractivity contribution in [2.75, 3.05) is 6.61 Å². The van der Waals surface area contributed by atoms with Crippen LogP contribution in [0.25, 0.3) is 0 Å². The molecule has 2 aliphatic heterocycles. The third-order valence-electron chi connectivity index (χ3n) is 6.11. The van der Waals surface area contributed by atoms with Crippen LogP contribution >= 0.6 is 0 Å². The molecule has 8 atom stereocenters. The van der Waals surface area contributed by atoms with Crippen LogP contribution in [-0.2, 0) is 19.0 Å². The number of hydrogen-bond donors (Lipinski definition) is 1. The van der Waals surface area contributed by atoms with E-state index in [4.69, 9.17) is 14.2 Å². The van der Waals surface area contributed by atoms with Gasteiger partial charge in [0.15, 0.2) is 5.79 Å². The summed E-state index contributed by atoms with van der Waals surface area (Å²) in [6, 6.07) is 0. The van der Waals surface area contributed by atoms with Gasteiger partial charge in [0.05, 0.1) is 24.9 Å². The zero-order valence-corrected chi connectivity index (χ0v) is 18.0. The Labute approximate surface area is 169 Å². The highest BCUT2D eigenvalue weighted by molar-refractivity contribution is 5.82. The van der Waals surface area contributed by atoms with Gasteiger partial charge in [-0.25, -0.2) is 4.79 Å². The van der Waals surface area contributed by atoms with Crippen LogP contribution < -0.4 is 0 Å². The Morgan fingerprint density at radius 1 is 1.25 bits per heavy atom. The smallest absolute Gasteiger partial charge is 0.330 e. The summed E-state index contributed by atoms with van der Waals surface area (Å²) >= 11 is 0. The molecular weight excluding hydrogens is 356 g/mol. The summed E-state index contributed by atoms with van der Waals surface area (Å²) in [4.78, 5) is 11.4. The first kappa shape index (κ1) is 22.9. The minimum Gasteiger partial charge on any atom is -0.463 e. The number of carbonyl (C=O) groups excluding carboxylic acids is 1. The molecule has 1 spiro atoms. The summed E-state index contributed by atoms with van der Waals surface area (Å²) in [5, 5.41) is 10.9. The summed E-state index contributed by atoms with van der Waals surface area (Å²) < 4.78 is 17.7. The molecule has 5 heteroatoms. The van der Waals surface area contributed by atoms with Crippen molar-refractivity contribution in [2.45, 2.75) is 72.1 Å². The fourth-order valence-corrected chi connectivity index (χ4v) is 4.20. The van der Waals surface area contributed by atoms with Crippen LogP contribution in [0.4, 0.5) is 0 Å². The van der Waals surface area contributed by atoms with Crippen molar-refractivity contribution in [1.29, 1.82) is 0 Å². The average molecular weight is 393 g/mol. The van der Waals surface area contributed by atoms with Gasteiger partial charge in [0, 0.05) is 29.7 Å². The molecule has 0 aromatic rings. The highest BCUT2D eigenvalue weighted by Crippen LogP contribution is 2.45. The molecule has 2 heterocycles. The Morgan fingerprint density at radius 2 is 1.96 bits per heavy atom. The van der Waals surface area contributed by atoms with Gasteiger partial charge in [0.1, 0.15) is 0 Å². The molecular formula is C23H36O5. The van der Waals surface area contributed by atoms with Crippen LogP contribution in [0.15, 0.2) is 36.5 Å². The van der Waals surface area contributed by atoms with Crippen LogP contribution in [0.3, 0.4) is 0 Å². The summed E-state index contributed by atoms with van der Waals surface area (Å²) in [7, 11) is 0. The maximum Gasteiger partial charge on any atom is 0.330 e. The van der Waals surface area contributed by atoms with Crippen LogP contribution in [0.2, 0.25) is 0 Å². The number of ether oxygens (including phenoxy) is 3. The van der Waals surface area contributed by atoms with E-state index in [2.05, 4.69) is 26.8 Å². The maximum atomic E-state index is 11.4. The molecule has 158 valence electrons. The van der Waals surface area contributed by atoms with Crippen molar-refractivity contribution in [3.8, 4) is 0 Å². The molecule has 2 aliphatic rings. The Hall–Kier alpha value is -1.43. The van der Waals surface area contributed by atoms with Crippen molar-refractivity contribution >= 4 is 5.97 Å². The topological polar surface area (TPSA) is 65.0 Å². The zero-order chi connectivity index (χ0) is 20.9. The minimum atomic E-state index is -0.898. The number of carbonyl (C=O) groups is 1. The molecule has 0 bridgehead atoms. The van der Waals surface area contributed by atoms with E-state index in [1.54, 1.807) is 13.0 Å². The normalized spacial score (nSPS) is 39.7. The van der Waals surface area contributed by atoms with Crippen molar-refractivity contribution in [1.82, 2.24) is 0 Å². The molecule has 0 aromatic carbocycles. The van der Waals surface area contributed by atoms with Crippen LogP contribution in [-0.4, -0.2) is 41.8 Å².